The zero-order valence-electron chi connectivity index (χ0n) is 9.41. The first kappa shape index (κ1) is 15.9. The van der Waals surface area contributed by atoms with Crippen molar-refractivity contribution in [1.82, 2.24) is 0 Å². The summed E-state index contributed by atoms with van der Waals surface area (Å²) in [7, 11) is 1.00. The van der Waals surface area contributed by atoms with Gasteiger partial charge in [-0.2, -0.15) is 0 Å². The summed E-state index contributed by atoms with van der Waals surface area (Å²) in [6.07, 6.45) is 4.65. The Morgan fingerprint density at radius 1 is 1.33 bits per heavy atom. The molecule has 84 valence electrons. The molecule has 0 rings (SSSR count). The Labute approximate surface area is 90.0 Å². The molecule has 0 aliphatic heterocycles. The normalized spacial score (nSPS) is 10.5. The maximum atomic E-state index is 10.8. The largest absolute Gasteiger partial charge is 0.400 e. The predicted molar refractivity (Wildman–Crippen MR) is 59.7 cm³/mol. The highest BCUT2D eigenvalue weighted by molar-refractivity contribution is 5.99. The predicted octanol–water partition coefficient (Wildman–Crippen LogP) is -0.963. The Kier molecular flexibility index (Phi) is 11.2. The van der Waals surface area contributed by atoms with Gasteiger partial charge in [-0.15, -0.1) is 0 Å². The van der Waals surface area contributed by atoms with Gasteiger partial charge >= 0.3 is 0 Å². The Morgan fingerprint density at radius 2 is 1.87 bits per heavy atom. The second kappa shape index (κ2) is 10.5. The third-order valence-electron chi connectivity index (χ3n) is 1.36. The van der Waals surface area contributed by atoms with E-state index in [2.05, 4.69) is 11.6 Å². The van der Waals surface area contributed by atoms with E-state index in [0.717, 1.165) is 7.11 Å². The Balaban J connectivity index is 0. The summed E-state index contributed by atoms with van der Waals surface area (Å²) in [6, 6.07) is 0. The van der Waals surface area contributed by atoms with Gasteiger partial charge in [-0.25, -0.2) is 4.99 Å². The van der Waals surface area contributed by atoms with Gasteiger partial charge < -0.3 is 5.11 Å². The van der Waals surface area contributed by atoms with Crippen LogP contribution in [-0.2, 0) is 9.59 Å². The zero-order chi connectivity index (χ0) is 12.3. The molecule has 15 heavy (non-hydrogen) atoms. The van der Waals surface area contributed by atoms with Gasteiger partial charge in [-0.3, -0.25) is 9.59 Å². The summed E-state index contributed by atoms with van der Waals surface area (Å²) in [5, 5.41) is 7.00. The summed E-state index contributed by atoms with van der Waals surface area (Å²) >= 11 is 0. The third kappa shape index (κ3) is 10.4. The minimum absolute atomic E-state index is 0.0455. The SMILES string of the molecule is C=C/C(=C\C=[NH+]CC(C)=O)C(C)=O.CO. The monoisotopic (exact) mass is 212 g/mol. The number of ketones is 2. The number of carbonyl (C=O) groups excluding carboxylic acids is 2. The molecule has 0 unspecified atom stereocenters. The van der Waals surface area contributed by atoms with Crippen LogP contribution in [-0.4, -0.2) is 36.5 Å². The minimum atomic E-state index is -0.0455. The first-order chi connectivity index (χ1) is 7.07. The van der Waals surface area contributed by atoms with Gasteiger partial charge in [0.15, 0.2) is 24.3 Å². The number of allylic oxidation sites excluding steroid dienone is 3. The molecule has 0 bridgehead atoms. The number of rotatable bonds is 5. The van der Waals surface area contributed by atoms with Crippen LogP contribution in [0.5, 0.6) is 0 Å². The molecule has 0 spiro atoms. The molecule has 4 nitrogen and oxygen atoms in total. The molecule has 0 aromatic carbocycles. The van der Waals surface area contributed by atoms with Crippen molar-refractivity contribution >= 4 is 17.8 Å². The van der Waals surface area contributed by atoms with Crippen molar-refractivity contribution in [2.45, 2.75) is 13.8 Å². The molecule has 2 N–H and O–H groups in total. The summed E-state index contributed by atoms with van der Waals surface area (Å²) in [4.78, 5) is 24.1. The van der Waals surface area contributed by atoms with Gasteiger partial charge in [0.05, 0.1) is 0 Å². The summed E-state index contributed by atoms with van der Waals surface area (Å²) < 4.78 is 0. The van der Waals surface area contributed by atoms with Gasteiger partial charge in [0, 0.05) is 25.7 Å². The fourth-order valence-electron chi connectivity index (χ4n) is 0.680. The standard InChI is InChI=1S/C10H13NO2.CH4O/c1-4-10(9(3)13)5-6-11-7-8(2)12;1-2/h4-6H,1,7H2,2-3H3;2H,1H3/p+1/b10-5+,11-6?;. The molecule has 0 saturated heterocycles. The van der Waals surface area contributed by atoms with E-state index in [9.17, 15) is 9.59 Å². The van der Waals surface area contributed by atoms with E-state index in [1.54, 1.807) is 12.3 Å². The number of nitrogens with one attached hydrogen (secondary N) is 1. The lowest BCUT2D eigenvalue weighted by Crippen LogP contribution is -2.70. The molecule has 4 heteroatoms. The van der Waals surface area contributed by atoms with Crippen LogP contribution < -0.4 is 4.99 Å². The number of aliphatic hydroxyl groups excluding tert-OH is 1. The molecule has 0 heterocycles. The molecular formula is C11H18NO3+. The van der Waals surface area contributed by atoms with E-state index >= 15 is 0 Å². The fraction of sp³-hybridized carbons (Fsp3) is 0.364. The highest BCUT2D eigenvalue weighted by atomic mass is 16.2. The molecular weight excluding hydrogens is 194 g/mol. The number of hydrogen-bond donors (Lipinski definition) is 2. The van der Waals surface area contributed by atoms with Gasteiger partial charge in [-0.1, -0.05) is 12.7 Å². The van der Waals surface area contributed by atoms with Crippen molar-refractivity contribution in [3.05, 3.63) is 24.3 Å². The molecule has 0 aliphatic rings. The van der Waals surface area contributed by atoms with Crippen molar-refractivity contribution in [3.63, 3.8) is 0 Å². The smallest absolute Gasteiger partial charge is 0.198 e. The summed E-state index contributed by atoms with van der Waals surface area (Å²) in [5.74, 6) is 0.00324. The van der Waals surface area contributed by atoms with Crippen molar-refractivity contribution in [2.24, 2.45) is 0 Å². The lowest BCUT2D eigenvalue weighted by atomic mass is 10.2. The summed E-state index contributed by atoms with van der Waals surface area (Å²) in [6.45, 7) is 6.72. The number of Topliss-reactive ketones (excluding diaryl/α,β-unsaturated/α-hetero) is 2. The first-order valence-electron chi connectivity index (χ1n) is 4.42. The van der Waals surface area contributed by atoms with Crippen LogP contribution in [0.1, 0.15) is 13.8 Å². The maximum Gasteiger partial charge on any atom is 0.198 e. The van der Waals surface area contributed by atoms with Crippen LogP contribution in [0, 0.1) is 0 Å². The highest BCUT2D eigenvalue weighted by Gasteiger charge is 1.97. The molecule has 0 amide bonds. The number of aliphatic hydroxyl groups is 1. The van der Waals surface area contributed by atoms with Crippen LogP contribution in [0.15, 0.2) is 24.3 Å². The quantitative estimate of drug-likeness (QED) is 0.350. The van der Waals surface area contributed by atoms with E-state index in [1.165, 1.54) is 19.9 Å². The van der Waals surface area contributed by atoms with E-state index in [-0.39, 0.29) is 18.1 Å². The number of carbonyl (C=O) groups is 2. The first-order valence-corrected chi connectivity index (χ1v) is 4.42. The summed E-state index contributed by atoms with van der Waals surface area (Å²) in [5.41, 5.74) is 0.524. The van der Waals surface area contributed by atoms with Gasteiger partial charge in [0.25, 0.3) is 0 Å². The maximum absolute atomic E-state index is 10.8. The van der Waals surface area contributed by atoms with Gasteiger partial charge in [0.2, 0.25) is 0 Å². The lowest BCUT2D eigenvalue weighted by molar-refractivity contribution is -0.437. The second-order valence-electron chi connectivity index (χ2n) is 2.63. The van der Waals surface area contributed by atoms with Crippen LogP contribution >= 0.6 is 0 Å². The van der Waals surface area contributed by atoms with Gasteiger partial charge in [0.1, 0.15) is 0 Å². The zero-order valence-corrected chi connectivity index (χ0v) is 9.41. The average Bonchev–Trinajstić information content (AvgIpc) is 2.20. The van der Waals surface area contributed by atoms with Gasteiger partial charge in [-0.05, 0) is 6.92 Å². The van der Waals surface area contributed by atoms with Crippen molar-refractivity contribution < 1.29 is 19.7 Å². The topological polar surface area (TPSA) is 68.3 Å². The Bertz CT molecular complexity index is 278. The second-order valence-corrected chi connectivity index (χ2v) is 2.63. The molecule has 0 aliphatic carbocycles. The molecule has 0 radical (unpaired) electrons. The van der Waals surface area contributed by atoms with Crippen LogP contribution in [0.25, 0.3) is 0 Å². The van der Waals surface area contributed by atoms with E-state index in [4.69, 9.17) is 5.11 Å². The highest BCUT2D eigenvalue weighted by Crippen LogP contribution is 1.93. The van der Waals surface area contributed by atoms with Crippen molar-refractivity contribution in [1.29, 1.82) is 0 Å². The molecule has 0 fully saturated rings. The molecule has 0 aromatic heterocycles. The third-order valence-corrected chi connectivity index (χ3v) is 1.36. The average molecular weight is 212 g/mol. The van der Waals surface area contributed by atoms with Crippen LogP contribution in [0.3, 0.4) is 0 Å². The Morgan fingerprint density at radius 3 is 2.20 bits per heavy atom. The number of hydrogen-bond acceptors (Lipinski definition) is 3. The lowest BCUT2D eigenvalue weighted by Gasteiger charge is -1.88. The van der Waals surface area contributed by atoms with E-state index in [0.29, 0.717) is 5.57 Å². The van der Waals surface area contributed by atoms with Crippen LogP contribution in [0.4, 0.5) is 0 Å². The van der Waals surface area contributed by atoms with E-state index in [1.807, 2.05) is 0 Å². The molecule has 0 saturated carbocycles. The molecule has 0 atom stereocenters. The Hall–Kier alpha value is -1.55. The van der Waals surface area contributed by atoms with Crippen LogP contribution in [0.2, 0.25) is 0 Å². The fourth-order valence-corrected chi connectivity index (χ4v) is 0.680. The van der Waals surface area contributed by atoms with Crippen molar-refractivity contribution in [3.8, 4) is 0 Å². The molecule has 0 aromatic rings. The van der Waals surface area contributed by atoms with E-state index < -0.39 is 0 Å². The minimum Gasteiger partial charge on any atom is -0.400 e. The van der Waals surface area contributed by atoms with Crippen molar-refractivity contribution in [2.75, 3.05) is 13.7 Å².